The predicted octanol–water partition coefficient (Wildman–Crippen LogP) is 5.97. The van der Waals surface area contributed by atoms with Crippen molar-refractivity contribution in [2.24, 2.45) is 0 Å². The first kappa shape index (κ1) is 16.4. The lowest BCUT2D eigenvalue weighted by molar-refractivity contribution is 0.437. The zero-order valence-electron chi connectivity index (χ0n) is 16.1. The van der Waals surface area contributed by atoms with E-state index in [1.54, 1.807) is 22.6 Å². The SMILES string of the molecule is Cc1ccc2c(c1)c1c3n2CCN(c2nc(-c4ccccc4)cs2)[C@H]3CCC1. The molecule has 3 heterocycles. The van der Waals surface area contributed by atoms with Crippen molar-refractivity contribution in [3.63, 3.8) is 0 Å². The number of aromatic nitrogens is 2. The van der Waals surface area contributed by atoms with E-state index in [2.05, 4.69) is 70.3 Å². The second kappa shape index (κ2) is 6.21. The smallest absolute Gasteiger partial charge is 0.186 e. The molecule has 2 aliphatic rings. The van der Waals surface area contributed by atoms with E-state index in [0.717, 1.165) is 18.8 Å². The van der Waals surface area contributed by atoms with E-state index in [1.807, 2.05) is 0 Å². The number of rotatable bonds is 2. The van der Waals surface area contributed by atoms with Crippen molar-refractivity contribution < 1.29 is 0 Å². The summed E-state index contributed by atoms with van der Waals surface area (Å²) in [7, 11) is 0. The van der Waals surface area contributed by atoms with E-state index in [-0.39, 0.29) is 0 Å². The van der Waals surface area contributed by atoms with Gasteiger partial charge in [0.15, 0.2) is 5.13 Å². The van der Waals surface area contributed by atoms with Crippen LogP contribution in [0.5, 0.6) is 0 Å². The third kappa shape index (κ3) is 2.37. The summed E-state index contributed by atoms with van der Waals surface area (Å²) in [4.78, 5) is 7.60. The van der Waals surface area contributed by atoms with Crippen molar-refractivity contribution in [1.82, 2.24) is 9.55 Å². The molecule has 1 aliphatic carbocycles. The van der Waals surface area contributed by atoms with Crippen molar-refractivity contribution in [3.8, 4) is 11.3 Å². The highest BCUT2D eigenvalue weighted by atomic mass is 32.1. The molecule has 3 nitrogen and oxygen atoms in total. The molecule has 1 aliphatic heterocycles. The third-order valence-corrected chi connectivity index (χ3v) is 7.21. The molecule has 0 fully saturated rings. The summed E-state index contributed by atoms with van der Waals surface area (Å²) in [5, 5.41) is 4.86. The zero-order chi connectivity index (χ0) is 18.7. The van der Waals surface area contributed by atoms with Crippen molar-refractivity contribution >= 4 is 27.4 Å². The van der Waals surface area contributed by atoms with Gasteiger partial charge in [-0.1, -0.05) is 42.0 Å². The van der Waals surface area contributed by atoms with Crippen LogP contribution in [0.25, 0.3) is 22.2 Å². The van der Waals surface area contributed by atoms with Gasteiger partial charge in [0.2, 0.25) is 0 Å². The number of hydrogen-bond acceptors (Lipinski definition) is 3. The molecule has 140 valence electrons. The fourth-order valence-electron chi connectivity index (χ4n) is 5.08. The van der Waals surface area contributed by atoms with Crippen LogP contribution in [0.4, 0.5) is 5.13 Å². The number of anilines is 1. The van der Waals surface area contributed by atoms with Crippen LogP contribution in [-0.2, 0) is 13.0 Å². The Hall–Kier alpha value is -2.59. The summed E-state index contributed by atoms with van der Waals surface area (Å²) in [6.07, 6.45) is 3.69. The maximum Gasteiger partial charge on any atom is 0.186 e. The van der Waals surface area contributed by atoms with E-state index in [9.17, 15) is 0 Å². The molecule has 4 heteroatoms. The van der Waals surface area contributed by atoms with Crippen LogP contribution >= 0.6 is 11.3 Å². The Kier molecular flexibility index (Phi) is 3.63. The van der Waals surface area contributed by atoms with Crippen molar-refractivity contribution in [3.05, 3.63) is 70.7 Å². The minimum Gasteiger partial charge on any atom is -0.341 e. The normalized spacial score (nSPS) is 18.5. The van der Waals surface area contributed by atoms with E-state index in [0.29, 0.717) is 6.04 Å². The monoisotopic (exact) mass is 385 g/mol. The standard InChI is InChI=1S/C24H23N3S/c1-16-10-11-21-19(14-16)18-8-5-9-22-23(18)26(21)12-13-27(22)24-25-20(15-28-24)17-6-3-2-4-7-17/h2-4,6-7,10-11,14-15,22H,5,8-9,12-13H2,1H3/t22-/m0/s1. The summed E-state index contributed by atoms with van der Waals surface area (Å²) in [5.41, 5.74) is 8.22. The Labute approximate surface area is 169 Å². The molecular weight excluding hydrogens is 362 g/mol. The summed E-state index contributed by atoms with van der Waals surface area (Å²) >= 11 is 1.79. The molecule has 4 aromatic rings. The molecule has 1 atom stereocenters. The first-order chi connectivity index (χ1) is 13.8. The Morgan fingerprint density at radius 3 is 2.86 bits per heavy atom. The summed E-state index contributed by atoms with van der Waals surface area (Å²) < 4.78 is 2.59. The average molecular weight is 386 g/mol. The molecule has 0 N–H and O–H groups in total. The van der Waals surface area contributed by atoms with Gasteiger partial charge in [-0.2, -0.15) is 0 Å². The van der Waals surface area contributed by atoms with Gasteiger partial charge in [-0.3, -0.25) is 0 Å². The fraction of sp³-hybridized carbons (Fsp3) is 0.292. The van der Waals surface area contributed by atoms with Crippen LogP contribution in [0.15, 0.2) is 53.9 Å². The summed E-state index contributed by atoms with van der Waals surface area (Å²) in [6.45, 7) is 4.29. The lowest BCUT2D eigenvalue weighted by Crippen LogP contribution is -2.39. The average Bonchev–Trinajstić information content (AvgIpc) is 3.34. The van der Waals surface area contributed by atoms with E-state index in [1.165, 1.54) is 46.4 Å². The molecule has 28 heavy (non-hydrogen) atoms. The van der Waals surface area contributed by atoms with Crippen LogP contribution in [0.3, 0.4) is 0 Å². The van der Waals surface area contributed by atoms with Crippen LogP contribution < -0.4 is 4.90 Å². The van der Waals surface area contributed by atoms with Gasteiger partial charge in [-0.15, -0.1) is 11.3 Å². The molecule has 0 saturated carbocycles. The molecular formula is C24H23N3S. The lowest BCUT2D eigenvalue weighted by atomic mass is 9.90. The van der Waals surface area contributed by atoms with Gasteiger partial charge in [0, 0.05) is 40.6 Å². The molecule has 6 rings (SSSR count). The fourth-order valence-corrected chi connectivity index (χ4v) is 6.00. The molecule has 0 unspecified atom stereocenters. The third-order valence-electron chi connectivity index (χ3n) is 6.34. The van der Waals surface area contributed by atoms with Gasteiger partial charge in [0.05, 0.1) is 11.7 Å². The topological polar surface area (TPSA) is 21.1 Å². The number of fused-ring (bicyclic) bond motifs is 3. The van der Waals surface area contributed by atoms with E-state index < -0.39 is 0 Å². The summed E-state index contributed by atoms with van der Waals surface area (Å²) in [6, 6.07) is 18.0. The maximum atomic E-state index is 5.03. The molecule has 0 radical (unpaired) electrons. The second-order valence-corrected chi connectivity index (χ2v) is 8.86. The maximum absolute atomic E-state index is 5.03. The van der Waals surface area contributed by atoms with E-state index >= 15 is 0 Å². The van der Waals surface area contributed by atoms with Gasteiger partial charge >= 0.3 is 0 Å². The minimum absolute atomic E-state index is 0.458. The lowest BCUT2D eigenvalue weighted by Gasteiger charge is -2.39. The van der Waals surface area contributed by atoms with Crippen molar-refractivity contribution in [1.29, 1.82) is 0 Å². The van der Waals surface area contributed by atoms with Gasteiger partial charge in [-0.05, 0) is 43.9 Å². The zero-order valence-corrected chi connectivity index (χ0v) is 16.9. The highest BCUT2D eigenvalue weighted by Gasteiger charge is 2.36. The van der Waals surface area contributed by atoms with Crippen LogP contribution in [-0.4, -0.2) is 16.1 Å². The highest BCUT2D eigenvalue weighted by Crippen LogP contribution is 2.45. The molecule has 0 spiro atoms. The van der Waals surface area contributed by atoms with E-state index in [4.69, 9.17) is 4.98 Å². The van der Waals surface area contributed by atoms with Crippen LogP contribution in [0, 0.1) is 6.92 Å². The predicted molar refractivity (Wildman–Crippen MR) is 117 cm³/mol. The Balaban J connectivity index is 1.44. The Morgan fingerprint density at radius 2 is 1.96 bits per heavy atom. The number of thiazole rings is 1. The molecule has 2 aromatic heterocycles. The minimum atomic E-state index is 0.458. The number of nitrogens with zero attached hydrogens (tertiary/aromatic N) is 3. The quantitative estimate of drug-likeness (QED) is 0.424. The van der Waals surface area contributed by atoms with Crippen molar-refractivity contribution in [2.45, 2.75) is 38.8 Å². The number of benzene rings is 2. The number of hydrogen-bond donors (Lipinski definition) is 0. The first-order valence-electron chi connectivity index (χ1n) is 10.2. The molecule has 2 aromatic carbocycles. The van der Waals surface area contributed by atoms with Gasteiger partial charge in [-0.25, -0.2) is 4.98 Å². The van der Waals surface area contributed by atoms with Gasteiger partial charge < -0.3 is 9.47 Å². The Morgan fingerprint density at radius 1 is 1.07 bits per heavy atom. The molecule has 0 amide bonds. The highest BCUT2D eigenvalue weighted by molar-refractivity contribution is 7.14. The first-order valence-corrected chi connectivity index (χ1v) is 11.1. The van der Waals surface area contributed by atoms with Gasteiger partial charge in [0.25, 0.3) is 0 Å². The number of aryl methyl sites for hydroxylation is 2. The molecule has 0 saturated heterocycles. The second-order valence-electron chi connectivity index (χ2n) is 8.02. The Bertz CT molecular complexity index is 1170. The van der Waals surface area contributed by atoms with Crippen molar-refractivity contribution in [2.75, 3.05) is 11.4 Å². The van der Waals surface area contributed by atoms with Gasteiger partial charge in [0.1, 0.15) is 0 Å². The van der Waals surface area contributed by atoms with Crippen LogP contribution in [0.2, 0.25) is 0 Å². The summed E-state index contributed by atoms with van der Waals surface area (Å²) in [5.74, 6) is 0. The largest absolute Gasteiger partial charge is 0.341 e. The molecule has 0 bridgehead atoms. The van der Waals surface area contributed by atoms with Crippen LogP contribution in [0.1, 0.15) is 35.7 Å².